The molecule has 6 nitrogen and oxygen atoms in total. The van der Waals surface area contributed by atoms with Crippen molar-refractivity contribution in [2.45, 2.75) is 17.0 Å². The van der Waals surface area contributed by atoms with Crippen LogP contribution in [0.3, 0.4) is 0 Å². The summed E-state index contributed by atoms with van der Waals surface area (Å²) in [6.45, 7) is 1.93. The molecule has 0 aliphatic carbocycles. The lowest BCUT2D eigenvalue weighted by Crippen LogP contribution is -2.12. The predicted octanol–water partition coefficient (Wildman–Crippen LogP) is 1.98. The Bertz CT molecular complexity index is 610. The Labute approximate surface area is 109 Å². The SMILES string of the molecule is CCSc1nnc(NS(=O)(=O)c2ccccc2)o1. The number of nitrogens with zero attached hydrogens (tertiary/aromatic N) is 2. The van der Waals surface area contributed by atoms with Gasteiger partial charge in [0.25, 0.3) is 15.2 Å². The first-order chi connectivity index (χ1) is 8.62. The summed E-state index contributed by atoms with van der Waals surface area (Å²) in [4.78, 5) is 0.146. The van der Waals surface area contributed by atoms with Crippen LogP contribution in [0.5, 0.6) is 0 Å². The highest BCUT2D eigenvalue weighted by Gasteiger charge is 2.17. The molecule has 1 N–H and O–H groups in total. The lowest BCUT2D eigenvalue weighted by molar-refractivity contribution is 0.469. The molecule has 1 heterocycles. The Morgan fingerprint density at radius 3 is 2.67 bits per heavy atom. The molecule has 0 radical (unpaired) electrons. The topological polar surface area (TPSA) is 85.1 Å². The molecule has 0 fully saturated rings. The Hall–Kier alpha value is -1.54. The van der Waals surface area contributed by atoms with Gasteiger partial charge in [0.15, 0.2) is 0 Å². The lowest BCUT2D eigenvalue weighted by Gasteiger charge is -2.02. The lowest BCUT2D eigenvalue weighted by atomic mass is 10.4. The van der Waals surface area contributed by atoms with Crippen molar-refractivity contribution in [2.24, 2.45) is 0 Å². The van der Waals surface area contributed by atoms with Crippen molar-refractivity contribution in [3.8, 4) is 0 Å². The maximum absolute atomic E-state index is 11.9. The molecule has 18 heavy (non-hydrogen) atoms. The normalized spacial score (nSPS) is 11.4. The number of nitrogens with one attached hydrogen (secondary N) is 1. The van der Waals surface area contributed by atoms with E-state index in [1.807, 2.05) is 6.92 Å². The molecule has 1 aromatic carbocycles. The van der Waals surface area contributed by atoms with Crippen molar-refractivity contribution in [3.05, 3.63) is 30.3 Å². The van der Waals surface area contributed by atoms with Crippen molar-refractivity contribution in [1.29, 1.82) is 0 Å². The Morgan fingerprint density at radius 2 is 2.00 bits per heavy atom. The number of anilines is 1. The van der Waals surface area contributed by atoms with Crippen molar-refractivity contribution >= 4 is 27.8 Å². The molecular weight excluding hydrogens is 274 g/mol. The number of sulfonamides is 1. The molecule has 0 aliphatic rings. The standard InChI is InChI=1S/C10H11N3O3S2/c1-2-17-10-12-11-9(16-10)13-18(14,15)8-6-4-3-5-7-8/h3-7H,2H2,1H3,(H,11,13). The van der Waals surface area contributed by atoms with Crippen molar-refractivity contribution in [1.82, 2.24) is 10.2 Å². The molecule has 0 atom stereocenters. The summed E-state index contributed by atoms with van der Waals surface area (Å²) in [5, 5.41) is 7.66. The maximum atomic E-state index is 11.9. The number of rotatable bonds is 5. The van der Waals surface area contributed by atoms with Gasteiger partial charge in [-0.1, -0.05) is 47.1 Å². The summed E-state index contributed by atoms with van der Waals surface area (Å²) in [5.41, 5.74) is 0. The third-order valence-corrected chi connectivity index (χ3v) is 3.99. The number of hydrogen-bond acceptors (Lipinski definition) is 6. The minimum atomic E-state index is -3.67. The van der Waals surface area contributed by atoms with Gasteiger partial charge in [-0.05, 0) is 17.9 Å². The second-order valence-corrected chi connectivity index (χ2v) is 6.12. The number of hydrogen-bond donors (Lipinski definition) is 1. The number of benzene rings is 1. The van der Waals surface area contributed by atoms with Gasteiger partial charge in [-0.3, -0.25) is 0 Å². The molecule has 1 aromatic heterocycles. The molecule has 0 unspecified atom stereocenters. The van der Waals surface area contributed by atoms with E-state index in [0.717, 1.165) is 5.75 Å². The van der Waals surface area contributed by atoms with Gasteiger partial charge >= 0.3 is 6.01 Å². The minimum absolute atomic E-state index is 0.130. The molecule has 0 saturated heterocycles. The molecule has 2 aromatic rings. The first-order valence-electron chi connectivity index (χ1n) is 5.16. The maximum Gasteiger partial charge on any atom is 0.330 e. The molecule has 8 heteroatoms. The Balaban J connectivity index is 2.17. The van der Waals surface area contributed by atoms with Gasteiger partial charge in [-0.15, -0.1) is 0 Å². The van der Waals surface area contributed by atoms with E-state index in [-0.39, 0.29) is 10.9 Å². The average Bonchev–Trinajstić information content (AvgIpc) is 2.77. The zero-order valence-corrected chi connectivity index (χ0v) is 11.2. The van der Waals surface area contributed by atoms with E-state index in [0.29, 0.717) is 5.22 Å². The van der Waals surface area contributed by atoms with Gasteiger partial charge in [0, 0.05) is 0 Å². The highest BCUT2D eigenvalue weighted by Crippen LogP contribution is 2.20. The number of aromatic nitrogens is 2. The smallest absolute Gasteiger partial charge is 0.330 e. The van der Waals surface area contributed by atoms with Crippen LogP contribution in [0.4, 0.5) is 6.01 Å². The van der Waals surface area contributed by atoms with Crippen LogP contribution in [0.1, 0.15) is 6.92 Å². The van der Waals surface area contributed by atoms with Gasteiger partial charge in [-0.2, -0.15) is 0 Å². The van der Waals surface area contributed by atoms with E-state index >= 15 is 0 Å². The van der Waals surface area contributed by atoms with Crippen molar-refractivity contribution < 1.29 is 12.8 Å². The Morgan fingerprint density at radius 1 is 1.28 bits per heavy atom. The molecule has 0 saturated carbocycles. The van der Waals surface area contributed by atoms with E-state index < -0.39 is 10.0 Å². The zero-order chi connectivity index (χ0) is 13.0. The van der Waals surface area contributed by atoms with Crippen LogP contribution in [0.15, 0.2) is 44.9 Å². The zero-order valence-electron chi connectivity index (χ0n) is 9.53. The fourth-order valence-electron chi connectivity index (χ4n) is 1.21. The summed E-state index contributed by atoms with van der Waals surface area (Å²) < 4.78 is 31.2. The average molecular weight is 285 g/mol. The molecule has 0 bridgehead atoms. The fourth-order valence-corrected chi connectivity index (χ4v) is 2.64. The molecule has 0 amide bonds. The monoisotopic (exact) mass is 285 g/mol. The molecule has 96 valence electrons. The van der Waals surface area contributed by atoms with Crippen LogP contribution in [0.2, 0.25) is 0 Å². The van der Waals surface area contributed by atoms with Crippen LogP contribution in [-0.4, -0.2) is 24.4 Å². The first-order valence-corrected chi connectivity index (χ1v) is 7.63. The van der Waals surface area contributed by atoms with Crippen LogP contribution in [-0.2, 0) is 10.0 Å². The van der Waals surface area contributed by atoms with Crippen LogP contribution in [0, 0.1) is 0 Å². The third-order valence-electron chi connectivity index (χ3n) is 1.95. The largest absolute Gasteiger partial charge is 0.397 e. The fraction of sp³-hybridized carbons (Fsp3) is 0.200. The van der Waals surface area contributed by atoms with Gasteiger partial charge in [0.05, 0.1) is 4.90 Å². The van der Waals surface area contributed by atoms with E-state index in [1.165, 1.54) is 23.9 Å². The van der Waals surface area contributed by atoms with Gasteiger partial charge in [0.2, 0.25) is 0 Å². The summed E-state index contributed by atoms with van der Waals surface area (Å²) >= 11 is 1.34. The summed E-state index contributed by atoms with van der Waals surface area (Å²) in [6.07, 6.45) is 0. The third kappa shape index (κ3) is 3.02. The van der Waals surface area contributed by atoms with E-state index in [1.54, 1.807) is 18.2 Å². The van der Waals surface area contributed by atoms with Crippen LogP contribution in [0.25, 0.3) is 0 Å². The summed E-state index contributed by atoms with van der Waals surface area (Å²) in [6, 6.07) is 7.86. The Kier molecular flexibility index (Phi) is 3.87. The first kappa shape index (κ1) is 12.9. The second kappa shape index (κ2) is 5.40. The molecular formula is C10H11N3O3S2. The molecule has 0 aliphatic heterocycles. The van der Waals surface area contributed by atoms with Crippen molar-refractivity contribution in [3.63, 3.8) is 0 Å². The predicted molar refractivity (Wildman–Crippen MR) is 67.9 cm³/mol. The van der Waals surface area contributed by atoms with Gasteiger partial charge < -0.3 is 4.42 Å². The van der Waals surface area contributed by atoms with E-state index in [2.05, 4.69) is 14.9 Å². The van der Waals surface area contributed by atoms with Crippen LogP contribution >= 0.6 is 11.8 Å². The molecule has 2 rings (SSSR count). The number of thioether (sulfide) groups is 1. The summed E-state index contributed by atoms with van der Waals surface area (Å²) in [5.74, 6) is 0.771. The quantitative estimate of drug-likeness (QED) is 0.845. The van der Waals surface area contributed by atoms with E-state index in [4.69, 9.17) is 4.42 Å². The minimum Gasteiger partial charge on any atom is -0.397 e. The molecule has 0 spiro atoms. The highest BCUT2D eigenvalue weighted by molar-refractivity contribution is 7.99. The van der Waals surface area contributed by atoms with Gasteiger partial charge in [-0.25, -0.2) is 13.1 Å². The summed E-state index contributed by atoms with van der Waals surface area (Å²) in [7, 11) is -3.67. The van der Waals surface area contributed by atoms with Crippen molar-refractivity contribution in [2.75, 3.05) is 10.5 Å². The van der Waals surface area contributed by atoms with Gasteiger partial charge in [0.1, 0.15) is 0 Å². The van der Waals surface area contributed by atoms with Crippen LogP contribution < -0.4 is 4.72 Å². The second-order valence-electron chi connectivity index (χ2n) is 3.22. The van der Waals surface area contributed by atoms with E-state index in [9.17, 15) is 8.42 Å². The highest BCUT2D eigenvalue weighted by atomic mass is 32.2.